The molecule has 0 aliphatic rings. The first-order valence-electron chi connectivity index (χ1n) is 5.01. The molecule has 1 aromatic carbocycles. The molecule has 0 saturated heterocycles. The van der Waals surface area contributed by atoms with E-state index in [1.807, 2.05) is 0 Å². The molecule has 1 aromatic heterocycles. The number of hydrogen-bond donors (Lipinski definition) is 1. The number of benzene rings is 1. The van der Waals surface area contributed by atoms with Crippen molar-refractivity contribution in [2.24, 2.45) is 0 Å². The van der Waals surface area contributed by atoms with Crippen molar-refractivity contribution in [1.82, 2.24) is 15.0 Å². The maximum atomic E-state index is 13.3. The molecule has 19 heavy (non-hydrogen) atoms. The van der Waals surface area contributed by atoms with Crippen LogP contribution in [-0.2, 0) is 0 Å². The van der Waals surface area contributed by atoms with Gasteiger partial charge in [0.15, 0.2) is 5.69 Å². The van der Waals surface area contributed by atoms with Crippen LogP contribution in [0.5, 0.6) is 0 Å². The number of nitrogens with zero attached hydrogens (tertiary/aromatic N) is 4. The van der Waals surface area contributed by atoms with Crippen LogP contribution < -0.4 is 0 Å². The van der Waals surface area contributed by atoms with Gasteiger partial charge in [-0.3, -0.25) is 10.1 Å². The number of carboxylic acid groups (broad SMARTS) is 1. The number of carbonyl (C=O) groups is 1. The number of rotatable bonds is 3. The maximum Gasteiger partial charge on any atom is 0.358 e. The monoisotopic (exact) mass is 266 g/mol. The van der Waals surface area contributed by atoms with Crippen LogP contribution >= 0.6 is 0 Å². The number of aromatic carboxylic acids is 1. The van der Waals surface area contributed by atoms with Gasteiger partial charge in [0.25, 0.3) is 5.69 Å². The van der Waals surface area contributed by atoms with Gasteiger partial charge in [0, 0.05) is 12.1 Å². The van der Waals surface area contributed by atoms with Crippen molar-refractivity contribution in [2.75, 3.05) is 0 Å². The summed E-state index contributed by atoms with van der Waals surface area (Å²) in [5.41, 5.74) is -0.578. The van der Waals surface area contributed by atoms with Crippen LogP contribution in [0.2, 0.25) is 0 Å². The predicted octanol–water partition coefficient (Wildman–Crippen LogP) is 1.32. The van der Waals surface area contributed by atoms with Gasteiger partial charge in [0.2, 0.25) is 0 Å². The van der Waals surface area contributed by atoms with Crippen LogP contribution in [0.15, 0.2) is 18.2 Å². The third-order valence-electron chi connectivity index (χ3n) is 2.42. The SMILES string of the molecule is Cc1c(C(=O)O)nnn1-c1cc(F)cc([N+](=O)[O-])c1. The fraction of sp³-hybridized carbons (Fsp3) is 0.100. The van der Waals surface area contributed by atoms with Crippen molar-refractivity contribution in [3.05, 3.63) is 45.5 Å². The summed E-state index contributed by atoms with van der Waals surface area (Å²) in [6.45, 7) is 1.42. The van der Waals surface area contributed by atoms with E-state index in [1.54, 1.807) is 0 Å². The lowest BCUT2D eigenvalue weighted by atomic mass is 10.2. The molecule has 0 atom stereocenters. The molecule has 0 spiro atoms. The second-order valence-corrected chi connectivity index (χ2v) is 3.67. The Morgan fingerprint density at radius 2 is 2.16 bits per heavy atom. The summed E-state index contributed by atoms with van der Waals surface area (Å²) in [6.07, 6.45) is 0. The van der Waals surface area contributed by atoms with Crippen molar-refractivity contribution in [3.8, 4) is 5.69 Å². The zero-order valence-electron chi connectivity index (χ0n) is 9.57. The van der Waals surface area contributed by atoms with Gasteiger partial charge in [-0.2, -0.15) is 0 Å². The van der Waals surface area contributed by atoms with Gasteiger partial charge >= 0.3 is 5.97 Å². The second-order valence-electron chi connectivity index (χ2n) is 3.67. The van der Waals surface area contributed by atoms with Crippen LogP contribution in [-0.4, -0.2) is 31.0 Å². The van der Waals surface area contributed by atoms with Crippen molar-refractivity contribution in [2.45, 2.75) is 6.92 Å². The Bertz CT molecular complexity index is 682. The van der Waals surface area contributed by atoms with E-state index in [1.165, 1.54) is 6.92 Å². The van der Waals surface area contributed by atoms with Crippen molar-refractivity contribution in [1.29, 1.82) is 0 Å². The van der Waals surface area contributed by atoms with E-state index in [4.69, 9.17) is 5.11 Å². The highest BCUT2D eigenvalue weighted by Crippen LogP contribution is 2.20. The second kappa shape index (κ2) is 4.44. The minimum atomic E-state index is -1.28. The van der Waals surface area contributed by atoms with Crippen LogP contribution in [0.25, 0.3) is 5.69 Å². The Kier molecular flexibility index (Phi) is 2.95. The number of aromatic nitrogens is 3. The lowest BCUT2D eigenvalue weighted by Gasteiger charge is -2.03. The number of non-ortho nitro benzene ring substituents is 1. The van der Waals surface area contributed by atoms with Crippen molar-refractivity contribution in [3.63, 3.8) is 0 Å². The van der Waals surface area contributed by atoms with E-state index in [9.17, 15) is 19.3 Å². The lowest BCUT2D eigenvalue weighted by molar-refractivity contribution is -0.385. The van der Waals surface area contributed by atoms with Crippen molar-refractivity contribution >= 4 is 11.7 Å². The molecule has 1 N–H and O–H groups in total. The molecule has 2 rings (SSSR count). The molecule has 0 aliphatic heterocycles. The molecule has 0 saturated carbocycles. The number of halogens is 1. The molecule has 0 aliphatic carbocycles. The predicted molar refractivity (Wildman–Crippen MR) is 59.7 cm³/mol. The summed E-state index contributed by atoms with van der Waals surface area (Å²) < 4.78 is 14.3. The van der Waals surface area contributed by atoms with Crippen molar-refractivity contribution < 1.29 is 19.2 Å². The van der Waals surface area contributed by atoms with E-state index in [0.29, 0.717) is 0 Å². The fourth-order valence-corrected chi connectivity index (χ4v) is 1.56. The highest BCUT2D eigenvalue weighted by molar-refractivity contribution is 5.86. The number of carboxylic acids is 1. The third kappa shape index (κ3) is 2.25. The average Bonchev–Trinajstić information content (AvgIpc) is 2.70. The van der Waals surface area contributed by atoms with E-state index in [0.717, 1.165) is 22.9 Å². The van der Waals surface area contributed by atoms with E-state index >= 15 is 0 Å². The van der Waals surface area contributed by atoms with Gasteiger partial charge < -0.3 is 5.11 Å². The summed E-state index contributed by atoms with van der Waals surface area (Å²) in [5.74, 6) is -2.11. The molecule has 0 unspecified atom stereocenters. The maximum absolute atomic E-state index is 13.3. The molecule has 0 fully saturated rings. The molecule has 98 valence electrons. The van der Waals surface area contributed by atoms with E-state index in [2.05, 4.69) is 10.3 Å². The summed E-state index contributed by atoms with van der Waals surface area (Å²) in [5, 5.41) is 26.4. The Morgan fingerprint density at radius 3 is 2.68 bits per heavy atom. The summed E-state index contributed by atoms with van der Waals surface area (Å²) in [7, 11) is 0. The van der Waals surface area contributed by atoms with Crippen LogP contribution in [0.4, 0.5) is 10.1 Å². The molecule has 0 radical (unpaired) electrons. The number of hydrogen-bond acceptors (Lipinski definition) is 5. The van der Waals surface area contributed by atoms with Gasteiger partial charge in [-0.15, -0.1) is 5.10 Å². The first-order valence-corrected chi connectivity index (χ1v) is 5.01. The Labute approximate surface area is 105 Å². The molecule has 2 aromatic rings. The molecular formula is C10H7FN4O4. The number of nitro groups is 1. The first-order chi connectivity index (χ1) is 8.90. The Hall–Kier alpha value is -2.84. The number of nitro benzene ring substituents is 1. The molecular weight excluding hydrogens is 259 g/mol. The van der Waals surface area contributed by atoms with E-state index < -0.39 is 22.4 Å². The van der Waals surface area contributed by atoms with E-state index in [-0.39, 0.29) is 17.1 Å². The highest BCUT2D eigenvalue weighted by Gasteiger charge is 2.18. The minimum Gasteiger partial charge on any atom is -0.476 e. The van der Waals surface area contributed by atoms with Crippen LogP contribution in [0.3, 0.4) is 0 Å². The van der Waals surface area contributed by atoms with Crippen LogP contribution in [0.1, 0.15) is 16.2 Å². The molecule has 1 heterocycles. The first kappa shape index (κ1) is 12.6. The average molecular weight is 266 g/mol. The minimum absolute atomic E-state index is 0.0317. The smallest absolute Gasteiger partial charge is 0.358 e. The summed E-state index contributed by atoms with van der Waals surface area (Å²) in [4.78, 5) is 20.7. The largest absolute Gasteiger partial charge is 0.476 e. The zero-order valence-corrected chi connectivity index (χ0v) is 9.57. The molecule has 8 nitrogen and oxygen atoms in total. The topological polar surface area (TPSA) is 111 Å². The van der Waals surface area contributed by atoms with Crippen LogP contribution in [0, 0.1) is 22.9 Å². The third-order valence-corrected chi connectivity index (χ3v) is 2.42. The Morgan fingerprint density at radius 1 is 1.47 bits per heavy atom. The Balaban J connectivity index is 2.59. The normalized spacial score (nSPS) is 10.4. The molecule has 0 amide bonds. The standard InChI is InChI=1S/C10H7FN4O4/c1-5-9(10(16)17)12-13-14(5)7-2-6(11)3-8(4-7)15(18)19/h2-4H,1H3,(H,16,17). The molecule has 0 bridgehead atoms. The molecule has 9 heteroatoms. The summed E-state index contributed by atoms with van der Waals surface area (Å²) >= 11 is 0. The van der Waals surface area contributed by atoms with Gasteiger partial charge in [-0.25, -0.2) is 13.9 Å². The van der Waals surface area contributed by atoms with Gasteiger partial charge in [-0.1, -0.05) is 5.21 Å². The van der Waals surface area contributed by atoms with Gasteiger partial charge in [0.05, 0.1) is 22.4 Å². The lowest BCUT2D eigenvalue weighted by Crippen LogP contribution is -2.03. The zero-order chi connectivity index (χ0) is 14.2. The quantitative estimate of drug-likeness (QED) is 0.662. The summed E-state index contributed by atoms with van der Waals surface area (Å²) in [6, 6.07) is 2.84. The van der Waals surface area contributed by atoms with Gasteiger partial charge in [-0.05, 0) is 6.92 Å². The highest BCUT2D eigenvalue weighted by atomic mass is 19.1. The fourth-order valence-electron chi connectivity index (χ4n) is 1.56. The van der Waals surface area contributed by atoms with Gasteiger partial charge in [0.1, 0.15) is 5.82 Å².